The molecule has 0 radical (unpaired) electrons. The first-order chi connectivity index (χ1) is 10.1. The Bertz CT molecular complexity index is 676. The van der Waals surface area contributed by atoms with Crippen molar-refractivity contribution < 1.29 is 9.53 Å². The lowest BCUT2D eigenvalue weighted by atomic mass is 10.1. The maximum absolute atomic E-state index is 12.0. The van der Waals surface area contributed by atoms with E-state index in [1.807, 2.05) is 56.3 Å². The quantitative estimate of drug-likeness (QED) is 0.449. The van der Waals surface area contributed by atoms with E-state index in [9.17, 15) is 4.79 Å². The molecule has 0 aliphatic rings. The van der Waals surface area contributed by atoms with Crippen LogP contribution in [-0.4, -0.2) is 12.9 Å². The van der Waals surface area contributed by atoms with Crippen LogP contribution in [0.3, 0.4) is 0 Å². The van der Waals surface area contributed by atoms with Crippen LogP contribution in [0.25, 0.3) is 6.08 Å². The van der Waals surface area contributed by atoms with Crippen molar-refractivity contribution in [3.8, 4) is 5.75 Å². The molecule has 0 spiro atoms. The molecule has 0 aliphatic heterocycles. The van der Waals surface area contributed by atoms with Crippen LogP contribution in [0.2, 0.25) is 0 Å². The van der Waals surface area contributed by atoms with Crippen molar-refractivity contribution in [2.24, 2.45) is 0 Å². The summed E-state index contributed by atoms with van der Waals surface area (Å²) in [6.07, 6.45) is 7.21. The molecule has 21 heavy (non-hydrogen) atoms. The van der Waals surface area contributed by atoms with Crippen LogP contribution >= 0.6 is 11.3 Å². The Morgan fingerprint density at radius 3 is 2.43 bits per heavy atom. The van der Waals surface area contributed by atoms with Gasteiger partial charge in [-0.3, -0.25) is 4.79 Å². The second kappa shape index (κ2) is 7.04. The average molecular weight is 298 g/mol. The molecule has 2 rings (SSSR count). The van der Waals surface area contributed by atoms with Gasteiger partial charge in [-0.2, -0.15) is 0 Å². The Kier molecular flexibility index (Phi) is 5.12. The summed E-state index contributed by atoms with van der Waals surface area (Å²) in [5.41, 5.74) is 1.86. The van der Waals surface area contributed by atoms with Gasteiger partial charge in [0.2, 0.25) is 0 Å². The number of carbonyl (C=O) groups excluding carboxylic acids is 1. The molecule has 108 valence electrons. The van der Waals surface area contributed by atoms with Crippen molar-refractivity contribution in [2.45, 2.75) is 13.8 Å². The first-order valence-corrected chi connectivity index (χ1v) is 7.52. The highest BCUT2D eigenvalue weighted by atomic mass is 32.1. The fourth-order valence-electron chi connectivity index (χ4n) is 1.99. The number of carbonyl (C=O) groups is 1. The summed E-state index contributed by atoms with van der Waals surface area (Å²) in [6.45, 7) is 3.99. The fraction of sp³-hybridized carbons (Fsp3) is 0.167. The zero-order valence-electron chi connectivity index (χ0n) is 12.4. The number of methoxy groups -OCH3 is 1. The summed E-state index contributed by atoms with van der Waals surface area (Å²) in [6, 6.07) is 9.70. The predicted octanol–water partition coefficient (Wildman–Crippen LogP) is 4.83. The molecule has 0 saturated carbocycles. The number of rotatable bonds is 5. The van der Waals surface area contributed by atoms with E-state index in [4.69, 9.17) is 4.74 Å². The Labute approximate surface area is 129 Å². The third-order valence-electron chi connectivity index (χ3n) is 3.07. The number of hydrogen-bond donors (Lipinski definition) is 0. The lowest BCUT2D eigenvalue weighted by Crippen LogP contribution is -1.92. The molecular formula is C18H18O2S. The van der Waals surface area contributed by atoms with Crippen LogP contribution in [-0.2, 0) is 0 Å². The van der Waals surface area contributed by atoms with E-state index in [0.29, 0.717) is 0 Å². The SMILES string of the molecule is COc1ccc(/C=C/C=C/C(=O)c2cc(C)sc2C)cc1. The van der Waals surface area contributed by atoms with Gasteiger partial charge in [0.05, 0.1) is 7.11 Å². The highest BCUT2D eigenvalue weighted by Gasteiger charge is 2.08. The molecule has 3 heteroatoms. The summed E-state index contributed by atoms with van der Waals surface area (Å²) in [5.74, 6) is 0.886. The van der Waals surface area contributed by atoms with Gasteiger partial charge >= 0.3 is 0 Å². The smallest absolute Gasteiger partial charge is 0.186 e. The van der Waals surface area contributed by atoms with Crippen LogP contribution in [0.1, 0.15) is 25.7 Å². The zero-order chi connectivity index (χ0) is 15.2. The molecule has 2 aromatic rings. The molecule has 1 heterocycles. The molecule has 0 saturated heterocycles. The summed E-state index contributed by atoms with van der Waals surface area (Å²) >= 11 is 1.65. The Morgan fingerprint density at radius 1 is 1.14 bits per heavy atom. The number of aryl methyl sites for hydroxylation is 2. The molecule has 0 bridgehead atoms. The second-order valence-corrected chi connectivity index (χ2v) is 6.14. The van der Waals surface area contributed by atoms with Crippen molar-refractivity contribution in [1.82, 2.24) is 0 Å². The van der Waals surface area contributed by atoms with Gasteiger partial charge in [-0.25, -0.2) is 0 Å². The van der Waals surface area contributed by atoms with Crippen LogP contribution in [0.4, 0.5) is 0 Å². The molecule has 0 unspecified atom stereocenters. The van der Waals surface area contributed by atoms with Crippen LogP contribution in [0.5, 0.6) is 5.75 Å². The second-order valence-electron chi connectivity index (χ2n) is 4.68. The zero-order valence-corrected chi connectivity index (χ0v) is 13.2. The number of hydrogen-bond acceptors (Lipinski definition) is 3. The van der Waals surface area contributed by atoms with Crippen molar-refractivity contribution >= 4 is 23.2 Å². The van der Waals surface area contributed by atoms with Crippen LogP contribution in [0.15, 0.2) is 48.6 Å². The number of ketones is 1. The molecular weight excluding hydrogens is 280 g/mol. The normalized spacial score (nSPS) is 11.4. The maximum atomic E-state index is 12.0. The standard InChI is InChI=1S/C18H18O2S/c1-13-12-17(14(2)21-13)18(19)7-5-4-6-15-8-10-16(20-3)11-9-15/h4-12H,1-3H3/b6-4+,7-5+. The van der Waals surface area contributed by atoms with Crippen molar-refractivity contribution in [3.63, 3.8) is 0 Å². The molecule has 0 N–H and O–H groups in total. The lowest BCUT2D eigenvalue weighted by Gasteiger charge is -1.98. The van der Waals surface area contributed by atoms with Crippen molar-refractivity contribution in [1.29, 1.82) is 0 Å². The Morgan fingerprint density at radius 2 is 1.86 bits per heavy atom. The van der Waals surface area contributed by atoms with E-state index in [0.717, 1.165) is 26.6 Å². The van der Waals surface area contributed by atoms with E-state index in [2.05, 4.69) is 0 Å². The highest BCUT2D eigenvalue weighted by molar-refractivity contribution is 7.12. The minimum Gasteiger partial charge on any atom is -0.497 e. The molecule has 1 aromatic carbocycles. The average Bonchev–Trinajstić information content (AvgIpc) is 2.83. The molecule has 1 aromatic heterocycles. The third kappa shape index (κ3) is 4.17. The Hall–Kier alpha value is -2.13. The first kappa shape index (κ1) is 15.3. The number of allylic oxidation sites excluding steroid dienone is 3. The van der Waals surface area contributed by atoms with Gasteiger partial charge < -0.3 is 4.74 Å². The molecule has 0 atom stereocenters. The van der Waals surface area contributed by atoms with E-state index in [1.165, 1.54) is 0 Å². The molecule has 0 amide bonds. The number of benzene rings is 1. The third-order valence-corrected chi connectivity index (χ3v) is 4.04. The first-order valence-electron chi connectivity index (χ1n) is 6.70. The van der Waals surface area contributed by atoms with Gasteiger partial charge in [0, 0.05) is 15.3 Å². The number of thiophene rings is 1. The summed E-state index contributed by atoms with van der Waals surface area (Å²) in [7, 11) is 1.65. The Balaban J connectivity index is 1.99. The van der Waals surface area contributed by atoms with E-state index in [1.54, 1.807) is 30.6 Å². The van der Waals surface area contributed by atoms with Gasteiger partial charge in [0.1, 0.15) is 5.75 Å². The van der Waals surface area contributed by atoms with Crippen LogP contribution < -0.4 is 4.74 Å². The largest absolute Gasteiger partial charge is 0.497 e. The van der Waals surface area contributed by atoms with Gasteiger partial charge in [-0.05, 0) is 43.7 Å². The monoisotopic (exact) mass is 298 g/mol. The van der Waals surface area contributed by atoms with Gasteiger partial charge in [-0.15, -0.1) is 11.3 Å². The van der Waals surface area contributed by atoms with E-state index < -0.39 is 0 Å². The van der Waals surface area contributed by atoms with Crippen LogP contribution in [0, 0.1) is 13.8 Å². The highest BCUT2D eigenvalue weighted by Crippen LogP contribution is 2.21. The van der Waals surface area contributed by atoms with Crippen molar-refractivity contribution in [3.05, 3.63) is 69.4 Å². The molecule has 0 aliphatic carbocycles. The lowest BCUT2D eigenvalue weighted by molar-refractivity contribution is 0.104. The van der Waals surface area contributed by atoms with Gasteiger partial charge in [-0.1, -0.05) is 30.4 Å². The minimum atomic E-state index is 0.0521. The van der Waals surface area contributed by atoms with Gasteiger partial charge in [0.15, 0.2) is 5.78 Å². The summed E-state index contributed by atoms with van der Waals surface area (Å²) in [4.78, 5) is 14.3. The maximum Gasteiger partial charge on any atom is 0.186 e. The van der Waals surface area contributed by atoms with Crippen molar-refractivity contribution in [2.75, 3.05) is 7.11 Å². The van der Waals surface area contributed by atoms with E-state index >= 15 is 0 Å². The summed E-state index contributed by atoms with van der Waals surface area (Å²) in [5, 5.41) is 0. The fourth-order valence-corrected chi connectivity index (χ4v) is 2.92. The van der Waals surface area contributed by atoms with Gasteiger partial charge in [0.25, 0.3) is 0 Å². The minimum absolute atomic E-state index is 0.0521. The molecule has 2 nitrogen and oxygen atoms in total. The number of ether oxygens (including phenoxy) is 1. The topological polar surface area (TPSA) is 26.3 Å². The predicted molar refractivity (Wildman–Crippen MR) is 89.3 cm³/mol. The molecule has 0 fully saturated rings. The summed E-state index contributed by atoms with van der Waals surface area (Å²) < 4.78 is 5.11. The van der Waals surface area contributed by atoms with E-state index in [-0.39, 0.29) is 5.78 Å².